The van der Waals surface area contributed by atoms with Crippen molar-refractivity contribution in [2.45, 2.75) is 18.9 Å². The highest BCUT2D eigenvalue weighted by Gasteiger charge is 2.15. The lowest BCUT2D eigenvalue weighted by molar-refractivity contribution is 0.415. The van der Waals surface area contributed by atoms with Gasteiger partial charge in [-0.3, -0.25) is 0 Å². The largest absolute Gasteiger partial charge is 0.497 e. The van der Waals surface area contributed by atoms with Crippen LogP contribution < -0.4 is 20.7 Å². The molecule has 2 aromatic carbocycles. The molecular formula is C21H25N5O. The smallest absolute Gasteiger partial charge is 0.222 e. The van der Waals surface area contributed by atoms with Gasteiger partial charge in [0.15, 0.2) is 0 Å². The zero-order valence-corrected chi connectivity index (χ0v) is 15.7. The lowest BCUT2D eigenvalue weighted by Crippen LogP contribution is -2.35. The average Bonchev–Trinajstić information content (AvgIpc) is 2.74. The number of piperidine rings is 1. The lowest BCUT2D eigenvalue weighted by Gasteiger charge is -2.26. The van der Waals surface area contributed by atoms with Crippen molar-refractivity contribution in [2.75, 3.05) is 37.9 Å². The molecule has 1 aromatic heterocycles. The third-order valence-corrected chi connectivity index (χ3v) is 5.04. The summed E-state index contributed by atoms with van der Waals surface area (Å²) in [5, 5.41) is 12.5. The van der Waals surface area contributed by atoms with Gasteiger partial charge in [0.05, 0.1) is 12.8 Å². The first-order chi connectivity index (χ1) is 13.3. The van der Waals surface area contributed by atoms with E-state index in [2.05, 4.69) is 50.2 Å². The van der Waals surface area contributed by atoms with Crippen LogP contribution in [0.2, 0.25) is 0 Å². The third-order valence-electron chi connectivity index (χ3n) is 5.04. The molecule has 0 aliphatic carbocycles. The topological polar surface area (TPSA) is 71.1 Å². The first-order valence-corrected chi connectivity index (χ1v) is 9.37. The Balaban J connectivity index is 1.80. The van der Waals surface area contributed by atoms with Crippen molar-refractivity contribution in [1.29, 1.82) is 0 Å². The van der Waals surface area contributed by atoms with Crippen LogP contribution in [0.25, 0.3) is 22.0 Å². The summed E-state index contributed by atoms with van der Waals surface area (Å²) in [5.41, 5.74) is 3.10. The van der Waals surface area contributed by atoms with Gasteiger partial charge >= 0.3 is 0 Å². The van der Waals surface area contributed by atoms with Gasteiger partial charge in [-0.1, -0.05) is 6.07 Å². The summed E-state index contributed by atoms with van der Waals surface area (Å²) >= 11 is 0. The van der Waals surface area contributed by atoms with E-state index in [1.807, 2.05) is 19.2 Å². The Bertz CT molecular complexity index is 937. The van der Waals surface area contributed by atoms with E-state index in [0.29, 0.717) is 12.0 Å². The van der Waals surface area contributed by atoms with Gasteiger partial charge in [0, 0.05) is 35.9 Å². The normalized spacial score (nSPS) is 14.9. The number of methoxy groups -OCH3 is 1. The molecule has 3 aromatic rings. The number of hydrogen-bond donors (Lipinski definition) is 3. The second kappa shape index (κ2) is 7.80. The summed E-state index contributed by atoms with van der Waals surface area (Å²) in [7, 11) is 3.53. The number of nitrogens with one attached hydrogen (secondary N) is 3. The number of benzene rings is 2. The predicted octanol–water partition coefficient (Wildman–Crippen LogP) is 3.51. The van der Waals surface area contributed by atoms with E-state index < -0.39 is 0 Å². The highest BCUT2D eigenvalue weighted by Crippen LogP contribution is 2.33. The van der Waals surface area contributed by atoms with Gasteiger partial charge in [-0.2, -0.15) is 0 Å². The van der Waals surface area contributed by atoms with Crippen LogP contribution in [0.5, 0.6) is 5.75 Å². The molecule has 0 bridgehead atoms. The summed E-state index contributed by atoms with van der Waals surface area (Å²) in [6.07, 6.45) is 4.02. The van der Waals surface area contributed by atoms with Crippen LogP contribution in [-0.4, -0.2) is 43.3 Å². The maximum atomic E-state index is 5.45. The van der Waals surface area contributed by atoms with Gasteiger partial charge in [-0.05, 0) is 61.6 Å². The third kappa shape index (κ3) is 3.80. The van der Waals surface area contributed by atoms with Crippen molar-refractivity contribution in [1.82, 2.24) is 15.3 Å². The van der Waals surface area contributed by atoms with Crippen molar-refractivity contribution in [3.8, 4) is 17.0 Å². The van der Waals surface area contributed by atoms with Crippen LogP contribution in [0.15, 0.2) is 42.6 Å². The molecule has 0 unspecified atom stereocenters. The highest BCUT2D eigenvalue weighted by atomic mass is 16.5. The van der Waals surface area contributed by atoms with Crippen LogP contribution in [0, 0.1) is 0 Å². The molecule has 2 heterocycles. The summed E-state index contributed by atoms with van der Waals surface area (Å²) < 4.78 is 5.45. The Labute approximate surface area is 159 Å². The number of rotatable bonds is 5. The maximum Gasteiger partial charge on any atom is 0.222 e. The van der Waals surface area contributed by atoms with Crippen LogP contribution in [0.4, 0.5) is 11.6 Å². The number of fused-ring (bicyclic) bond motifs is 1. The zero-order chi connectivity index (χ0) is 18.6. The van der Waals surface area contributed by atoms with E-state index in [4.69, 9.17) is 4.74 Å². The van der Waals surface area contributed by atoms with Crippen LogP contribution >= 0.6 is 0 Å². The minimum atomic E-state index is 0.467. The van der Waals surface area contributed by atoms with Crippen molar-refractivity contribution in [3.05, 3.63) is 42.6 Å². The minimum Gasteiger partial charge on any atom is -0.497 e. The van der Waals surface area contributed by atoms with Gasteiger partial charge in [-0.25, -0.2) is 9.97 Å². The molecule has 1 fully saturated rings. The van der Waals surface area contributed by atoms with Crippen molar-refractivity contribution < 1.29 is 4.74 Å². The molecule has 0 saturated carbocycles. The molecular weight excluding hydrogens is 338 g/mol. The Kier molecular flexibility index (Phi) is 5.07. The summed E-state index contributed by atoms with van der Waals surface area (Å²) in [5.74, 6) is 1.48. The number of ether oxygens (including phenoxy) is 1. The highest BCUT2D eigenvalue weighted by molar-refractivity contribution is 5.98. The molecule has 0 radical (unpaired) electrons. The van der Waals surface area contributed by atoms with E-state index in [1.54, 1.807) is 13.3 Å². The maximum absolute atomic E-state index is 5.45. The van der Waals surface area contributed by atoms with E-state index in [9.17, 15) is 0 Å². The number of anilines is 2. The number of nitrogens with zero attached hydrogens (tertiary/aromatic N) is 2. The predicted molar refractivity (Wildman–Crippen MR) is 111 cm³/mol. The molecule has 0 spiro atoms. The van der Waals surface area contributed by atoms with Gasteiger partial charge in [0.1, 0.15) is 5.75 Å². The van der Waals surface area contributed by atoms with Gasteiger partial charge in [0.2, 0.25) is 5.95 Å². The quantitative estimate of drug-likeness (QED) is 0.644. The lowest BCUT2D eigenvalue weighted by atomic mass is 10.0. The fourth-order valence-corrected chi connectivity index (χ4v) is 3.56. The SMILES string of the molecule is CNc1nccc(-c2cc(NC3CCNCC3)c3cc(OC)ccc3c2)n1. The van der Waals surface area contributed by atoms with E-state index in [-0.39, 0.29) is 0 Å². The molecule has 1 aliphatic rings. The molecule has 1 saturated heterocycles. The molecule has 6 heteroatoms. The summed E-state index contributed by atoms with van der Waals surface area (Å²) in [6.45, 7) is 2.10. The minimum absolute atomic E-state index is 0.467. The van der Waals surface area contributed by atoms with E-state index >= 15 is 0 Å². The molecule has 27 heavy (non-hydrogen) atoms. The Morgan fingerprint density at radius 2 is 1.96 bits per heavy atom. The summed E-state index contributed by atoms with van der Waals surface area (Å²) in [4.78, 5) is 8.83. The van der Waals surface area contributed by atoms with Crippen LogP contribution in [0.3, 0.4) is 0 Å². The molecule has 3 N–H and O–H groups in total. The Hall–Kier alpha value is -2.86. The van der Waals surface area contributed by atoms with Crippen LogP contribution in [0.1, 0.15) is 12.8 Å². The molecule has 0 atom stereocenters. The van der Waals surface area contributed by atoms with E-state index in [0.717, 1.165) is 54.0 Å². The van der Waals surface area contributed by atoms with Crippen molar-refractivity contribution in [3.63, 3.8) is 0 Å². The van der Waals surface area contributed by atoms with Gasteiger partial charge < -0.3 is 20.7 Å². The standard InChI is InChI=1S/C21H25N5O/c1-22-21-24-10-7-19(26-21)15-11-14-3-4-17(27-2)13-18(14)20(12-15)25-16-5-8-23-9-6-16/h3-4,7,10-13,16,23,25H,5-6,8-9H2,1-2H3,(H,22,24,26). The Morgan fingerprint density at radius 1 is 1.11 bits per heavy atom. The number of hydrogen-bond acceptors (Lipinski definition) is 6. The molecule has 0 amide bonds. The van der Waals surface area contributed by atoms with E-state index in [1.165, 1.54) is 5.39 Å². The Morgan fingerprint density at radius 3 is 2.74 bits per heavy atom. The van der Waals surface area contributed by atoms with Crippen molar-refractivity contribution in [2.24, 2.45) is 0 Å². The molecule has 140 valence electrons. The van der Waals surface area contributed by atoms with Gasteiger partial charge in [0.25, 0.3) is 0 Å². The van der Waals surface area contributed by atoms with Crippen LogP contribution in [-0.2, 0) is 0 Å². The second-order valence-electron chi connectivity index (χ2n) is 6.79. The number of aromatic nitrogens is 2. The zero-order valence-electron chi connectivity index (χ0n) is 15.7. The molecule has 1 aliphatic heterocycles. The monoisotopic (exact) mass is 363 g/mol. The fourth-order valence-electron chi connectivity index (χ4n) is 3.56. The molecule has 4 rings (SSSR count). The summed E-state index contributed by atoms with van der Waals surface area (Å²) in [6, 6.07) is 13.0. The average molecular weight is 363 g/mol. The first-order valence-electron chi connectivity index (χ1n) is 9.37. The molecule has 6 nitrogen and oxygen atoms in total. The van der Waals surface area contributed by atoms with Gasteiger partial charge in [-0.15, -0.1) is 0 Å². The fraction of sp³-hybridized carbons (Fsp3) is 0.333. The van der Waals surface area contributed by atoms with Crippen molar-refractivity contribution >= 4 is 22.4 Å². The first kappa shape index (κ1) is 17.5. The second-order valence-corrected chi connectivity index (χ2v) is 6.79.